The molecule has 1 aromatic carbocycles. The Labute approximate surface area is 128 Å². The van der Waals surface area contributed by atoms with Crippen molar-refractivity contribution in [2.75, 3.05) is 26.3 Å². The summed E-state index contributed by atoms with van der Waals surface area (Å²) >= 11 is 0. The second-order valence-corrected chi connectivity index (χ2v) is 5.44. The van der Waals surface area contributed by atoms with Crippen LogP contribution in [0.15, 0.2) is 24.3 Å². The molecule has 1 atom stereocenters. The zero-order valence-corrected chi connectivity index (χ0v) is 12.4. The van der Waals surface area contributed by atoms with Crippen LogP contribution in [0.5, 0.6) is 5.75 Å². The molecule has 0 radical (unpaired) electrons. The number of carboxylic acids is 1. The number of nitrogens with zero attached hydrogens (tertiary/aromatic N) is 1. The van der Waals surface area contributed by atoms with Gasteiger partial charge in [0, 0.05) is 25.2 Å². The number of benzene rings is 1. The van der Waals surface area contributed by atoms with Crippen molar-refractivity contribution in [2.45, 2.75) is 19.1 Å². The number of primary amides is 1. The molecule has 3 N–H and O–H groups in total. The first-order valence-corrected chi connectivity index (χ1v) is 6.99. The minimum absolute atomic E-state index is 0.385. The molecule has 1 saturated heterocycles. The van der Waals surface area contributed by atoms with E-state index in [4.69, 9.17) is 20.3 Å². The van der Waals surface area contributed by atoms with Gasteiger partial charge in [0.25, 0.3) is 5.91 Å². The summed E-state index contributed by atoms with van der Waals surface area (Å²) in [4.78, 5) is 24.2. The van der Waals surface area contributed by atoms with Gasteiger partial charge < -0.3 is 20.3 Å². The van der Waals surface area contributed by atoms with Crippen molar-refractivity contribution < 1.29 is 24.2 Å². The maximum absolute atomic E-state index is 11.5. The Bertz CT molecular complexity index is 563. The van der Waals surface area contributed by atoms with Crippen LogP contribution in [-0.2, 0) is 20.9 Å². The molecule has 0 saturated carbocycles. The molecular weight excluding hydrogens is 288 g/mol. The summed E-state index contributed by atoms with van der Waals surface area (Å²) in [6.07, 6.45) is 0. The number of aliphatic carboxylic acids is 1. The van der Waals surface area contributed by atoms with E-state index in [0.29, 0.717) is 32.0 Å². The third kappa shape index (κ3) is 3.96. The maximum Gasteiger partial charge on any atom is 0.341 e. The second-order valence-electron chi connectivity index (χ2n) is 5.44. The maximum atomic E-state index is 11.5. The van der Waals surface area contributed by atoms with Crippen molar-refractivity contribution in [3.63, 3.8) is 0 Å². The fourth-order valence-electron chi connectivity index (χ4n) is 2.39. The Balaban J connectivity index is 2.07. The van der Waals surface area contributed by atoms with Gasteiger partial charge in [0.2, 0.25) is 0 Å². The molecule has 0 bridgehead atoms. The summed E-state index contributed by atoms with van der Waals surface area (Å²) in [5.41, 5.74) is 5.24. The van der Waals surface area contributed by atoms with Crippen LogP contribution in [0.2, 0.25) is 0 Å². The lowest BCUT2D eigenvalue weighted by Gasteiger charge is -2.38. The van der Waals surface area contributed by atoms with Crippen LogP contribution < -0.4 is 10.5 Å². The number of amides is 1. The summed E-state index contributed by atoms with van der Waals surface area (Å²) in [5.74, 6) is -0.993. The van der Waals surface area contributed by atoms with Gasteiger partial charge in [-0.15, -0.1) is 0 Å². The molecule has 1 aromatic rings. The Hall–Kier alpha value is -2.12. The van der Waals surface area contributed by atoms with E-state index in [1.54, 1.807) is 19.1 Å². The number of para-hydroxylation sites is 1. The number of carboxylic acid groups (broad SMARTS) is 1. The summed E-state index contributed by atoms with van der Waals surface area (Å²) in [5, 5.41) is 8.71. The summed E-state index contributed by atoms with van der Waals surface area (Å²) in [6.45, 7) is 3.28. The van der Waals surface area contributed by atoms with Crippen LogP contribution in [0.3, 0.4) is 0 Å². The van der Waals surface area contributed by atoms with Crippen molar-refractivity contribution in [1.82, 2.24) is 4.90 Å². The molecular formula is C15H20N2O5. The van der Waals surface area contributed by atoms with Crippen molar-refractivity contribution in [3.05, 3.63) is 29.8 Å². The molecule has 2 rings (SSSR count). The van der Waals surface area contributed by atoms with E-state index in [1.165, 1.54) is 0 Å². The molecule has 0 aromatic heterocycles. The average Bonchev–Trinajstić information content (AvgIpc) is 2.46. The summed E-state index contributed by atoms with van der Waals surface area (Å²) < 4.78 is 10.8. The first-order valence-electron chi connectivity index (χ1n) is 6.99. The molecule has 0 spiro atoms. The summed E-state index contributed by atoms with van der Waals surface area (Å²) in [7, 11) is 0. The lowest BCUT2D eigenvalue weighted by atomic mass is 10.0. The van der Waals surface area contributed by atoms with Gasteiger partial charge in [0.1, 0.15) is 5.75 Å². The van der Waals surface area contributed by atoms with Crippen molar-refractivity contribution in [2.24, 2.45) is 5.73 Å². The molecule has 1 fully saturated rings. The standard InChI is InChI=1S/C15H20N2O5/c1-15(14(16)20)10-17(6-7-22-15)8-11-4-2-3-5-12(11)21-9-13(18)19/h2-5H,6-10H2,1H3,(H2,16,20)(H,18,19)/t15-/m0/s1. The zero-order valence-electron chi connectivity index (χ0n) is 12.4. The third-order valence-corrected chi connectivity index (χ3v) is 3.59. The molecule has 1 aliphatic rings. The van der Waals surface area contributed by atoms with Crippen LogP contribution in [0.25, 0.3) is 0 Å². The quantitative estimate of drug-likeness (QED) is 0.780. The van der Waals surface area contributed by atoms with Crippen molar-refractivity contribution >= 4 is 11.9 Å². The molecule has 7 nitrogen and oxygen atoms in total. The fourth-order valence-corrected chi connectivity index (χ4v) is 2.39. The van der Waals surface area contributed by atoms with Crippen LogP contribution >= 0.6 is 0 Å². The van der Waals surface area contributed by atoms with Crippen LogP contribution in [0.1, 0.15) is 12.5 Å². The van der Waals surface area contributed by atoms with Gasteiger partial charge in [-0.1, -0.05) is 18.2 Å². The number of nitrogens with two attached hydrogens (primary N) is 1. The molecule has 7 heteroatoms. The van der Waals surface area contributed by atoms with E-state index in [9.17, 15) is 9.59 Å². The number of carbonyl (C=O) groups excluding carboxylic acids is 1. The number of ether oxygens (including phenoxy) is 2. The molecule has 0 aliphatic carbocycles. The van der Waals surface area contributed by atoms with Crippen molar-refractivity contribution in [3.8, 4) is 5.75 Å². The third-order valence-electron chi connectivity index (χ3n) is 3.59. The Morgan fingerprint density at radius 1 is 1.45 bits per heavy atom. The lowest BCUT2D eigenvalue weighted by molar-refractivity contribution is -0.153. The van der Waals surface area contributed by atoms with E-state index in [0.717, 1.165) is 5.56 Å². The molecule has 1 aliphatic heterocycles. The van der Waals surface area contributed by atoms with Crippen LogP contribution in [-0.4, -0.2) is 53.8 Å². The van der Waals surface area contributed by atoms with Gasteiger partial charge in [0.15, 0.2) is 12.2 Å². The Morgan fingerprint density at radius 3 is 2.86 bits per heavy atom. The van der Waals surface area contributed by atoms with Gasteiger partial charge in [-0.2, -0.15) is 0 Å². The molecule has 22 heavy (non-hydrogen) atoms. The van der Waals surface area contributed by atoms with Crippen LogP contribution in [0.4, 0.5) is 0 Å². The number of hydrogen-bond donors (Lipinski definition) is 2. The first kappa shape index (κ1) is 16.3. The molecule has 0 unspecified atom stereocenters. The normalized spacial score (nSPS) is 22.2. The van der Waals surface area contributed by atoms with Gasteiger partial charge >= 0.3 is 5.97 Å². The Kier molecular flexibility index (Phi) is 4.99. The summed E-state index contributed by atoms with van der Waals surface area (Å²) in [6, 6.07) is 7.24. The highest BCUT2D eigenvalue weighted by molar-refractivity contribution is 5.83. The van der Waals surface area contributed by atoms with E-state index >= 15 is 0 Å². The molecule has 120 valence electrons. The van der Waals surface area contributed by atoms with Crippen LogP contribution in [0, 0.1) is 0 Å². The SMILES string of the molecule is C[C@@]1(C(N)=O)CN(Cc2ccccc2OCC(=O)O)CCO1. The van der Waals surface area contributed by atoms with E-state index in [1.807, 2.05) is 17.0 Å². The molecule has 1 amide bonds. The minimum Gasteiger partial charge on any atom is -0.482 e. The second kappa shape index (κ2) is 6.76. The minimum atomic E-state index is -1.03. The highest BCUT2D eigenvalue weighted by atomic mass is 16.5. The fraction of sp³-hybridized carbons (Fsp3) is 0.467. The Morgan fingerprint density at radius 2 is 2.18 bits per heavy atom. The predicted octanol–water partition coefficient (Wildman–Crippen LogP) is 0.226. The van der Waals surface area contributed by atoms with E-state index < -0.39 is 17.5 Å². The molecule has 1 heterocycles. The highest BCUT2D eigenvalue weighted by Crippen LogP contribution is 2.23. The van der Waals surface area contributed by atoms with Gasteiger partial charge in [-0.3, -0.25) is 9.69 Å². The first-order chi connectivity index (χ1) is 10.4. The predicted molar refractivity (Wildman–Crippen MR) is 78.4 cm³/mol. The van der Waals surface area contributed by atoms with Gasteiger partial charge in [0.05, 0.1) is 6.61 Å². The topological polar surface area (TPSA) is 102 Å². The largest absolute Gasteiger partial charge is 0.482 e. The number of carbonyl (C=O) groups is 2. The zero-order chi connectivity index (χ0) is 16.2. The van der Waals surface area contributed by atoms with Gasteiger partial charge in [-0.05, 0) is 13.0 Å². The van der Waals surface area contributed by atoms with E-state index in [-0.39, 0.29) is 6.61 Å². The smallest absolute Gasteiger partial charge is 0.341 e. The lowest BCUT2D eigenvalue weighted by Crippen LogP contribution is -2.56. The average molecular weight is 308 g/mol. The number of hydrogen-bond acceptors (Lipinski definition) is 5. The monoisotopic (exact) mass is 308 g/mol. The van der Waals surface area contributed by atoms with E-state index in [2.05, 4.69) is 0 Å². The van der Waals surface area contributed by atoms with Crippen molar-refractivity contribution in [1.29, 1.82) is 0 Å². The van der Waals surface area contributed by atoms with Gasteiger partial charge in [-0.25, -0.2) is 4.79 Å². The number of morpholine rings is 1. The highest BCUT2D eigenvalue weighted by Gasteiger charge is 2.37. The number of rotatable bonds is 6.